The fourth-order valence-electron chi connectivity index (χ4n) is 2.33. The average molecular weight is 306 g/mol. The third kappa shape index (κ3) is 3.73. The number of nitrogens with one attached hydrogen (secondary N) is 1. The fourth-order valence-corrected chi connectivity index (χ4v) is 2.33. The van der Waals surface area contributed by atoms with Gasteiger partial charge in [-0.1, -0.05) is 6.92 Å². The number of hydrogen-bond donors (Lipinski definition) is 2. The molecule has 1 aliphatic rings. The van der Waals surface area contributed by atoms with E-state index in [1.54, 1.807) is 17.2 Å². The Hall–Kier alpha value is -2.15. The highest BCUT2D eigenvalue weighted by Gasteiger charge is 2.42. The SMILES string of the molecule is CCCOc1cncc(NC(=O)C2(N)CCN(C(C)=O)C2)c1. The van der Waals surface area contributed by atoms with Gasteiger partial charge in [0, 0.05) is 26.1 Å². The van der Waals surface area contributed by atoms with Crippen molar-refractivity contribution in [2.75, 3.05) is 25.0 Å². The Kier molecular flexibility index (Phi) is 4.97. The maximum absolute atomic E-state index is 12.4. The van der Waals surface area contributed by atoms with Gasteiger partial charge in [-0.15, -0.1) is 0 Å². The second-order valence-corrected chi connectivity index (χ2v) is 5.56. The summed E-state index contributed by atoms with van der Waals surface area (Å²) in [5, 5.41) is 2.76. The standard InChI is InChI=1S/C15H22N4O3/c1-3-6-22-13-7-12(8-17-9-13)18-14(21)15(16)4-5-19(10-15)11(2)20/h7-9H,3-6,10,16H2,1-2H3,(H,18,21). The van der Waals surface area contributed by atoms with Crippen molar-refractivity contribution in [1.82, 2.24) is 9.88 Å². The molecule has 0 saturated carbocycles. The van der Waals surface area contributed by atoms with E-state index in [1.165, 1.54) is 13.1 Å². The first kappa shape index (κ1) is 16.2. The van der Waals surface area contributed by atoms with Crippen LogP contribution in [0.1, 0.15) is 26.7 Å². The lowest BCUT2D eigenvalue weighted by Gasteiger charge is -2.23. The van der Waals surface area contributed by atoms with Crippen LogP contribution >= 0.6 is 0 Å². The summed E-state index contributed by atoms with van der Waals surface area (Å²) in [7, 11) is 0. The topological polar surface area (TPSA) is 97.5 Å². The summed E-state index contributed by atoms with van der Waals surface area (Å²) in [5.74, 6) is 0.213. The number of hydrogen-bond acceptors (Lipinski definition) is 5. The lowest BCUT2D eigenvalue weighted by atomic mass is 9.99. The molecule has 1 aromatic rings. The van der Waals surface area contributed by atoms with E-state index in [2.05, 4.69) is 10.3 Å². The normalized spacial score (nSPS) is 20.8. The van der Waals surface area contributed by atoms with Gasteiger partial charge in [0.15, 0.2) is 0 Å². The van der Waals surface area contributed by atoms with Gasteiger partial charge in [0.1, 0.15) is 11.3 Å². The maximum Gasteiger partial charge on any atom is 0.246 e. The van der Waals surface area contributed by atoms with Crippen LogP contribution in [0.2, 0.25) is 0 Å². The zero-order valence-corrected chi connectivity index (χ0v) is 13.0. The van der Waals surface area contributed by atoms with Gasteiger partial charge in [-0.2, -0.15) is 0 Å². The lowest BCUT2D eigenvalue weighted by molar-refractivity contribution is -0.128. The van der Waals surface area contributed by atoms with Crippen LogP contribution in [0.5, 0.6) is 5.75 Å². The van der Waals surface area contributed by atoms with E-state index in [4.69, 9.17) is 10.5 Å². The van der Waals surface area contributed by atoms with E-state index in [-0.39, 0.29) is 18.4 Å². The Morgan fingerprint density at radius 3 is 2.91 bits per heavy atom. The minimum Gasteiger partial charge on any atom is -0.492 e. The molecule has 3 N–H and O–H groups in total. The Bertz CT molecular complexity index is 563. The number of carbonyl (C=O) groups is 2. The second kappa shape index (κ2) is 6.74. The van der Waals surface area contributed by atoms with Gasteiger partial charge in [0.05, 0.1) is 24.7 Å². The summed E-state index contributed by atoms with van der Waals surface area (Å²) >= 11 is 0. The summed E-state index contributed by atoms with van der Waals surface area (Å²) in [6.07, 6.45) is 4.47. The quantitative estimate of drug-likeness (QED) is 0.837. The van der Waals surface area contributed by atoms with Crippen molar-refractivity contribution >= 4 is 17.5 Å². The molecule has 0 bridgehead atoms. The van der Waals surface area contributed by atoms with Crippen LogP contribution in [0.15, 0.2) is 18.5 Å². The Labute approximate surface area is 129 Å². The van der Waals surface area contributed by atoms with Crippen molar-refractivity contribution in [3.63, 3.8) is 0 Å². The third-order valence-corrected chi connectivity index (χ3v) is 3.64. The molecule has 0 spiro atoms. The lowest BCUT2D eigenvalue weighted by Crippen LogP contribution is -2.53. The number of anilines is 1. The average Bonchev–Trinajstić information content (AvgIpc) is 2.90. The Morgan fingerprint density at radius 2 is 2.27 bits per heavy atom. The summed E-state index contributed by atoms with van der Waals surface area (Å²) in [4.78, 5) is 29.4. The highest BCUT2D eigenvalue weighted by atomic mass is 16.5. The molecule has 1 saturated heterocycles. The molecule has 0 aromatic carbocycles. The predicted octanol–water partition coefficient (Wildman–Crippen LogP) is 0.759. The highest BCUT2D eigenvalue weighted by molar-refractivity contribution is 5.99. The van der Waals surface area contributed by atoms with Gasteiger partial charge >= 0.3 is 0 Å². The van der Waals surface area contributed by atoms with E-state index >= 15 is 0 Å². The zero-order chi connectivity index (χ0) is 16.2. The van der Waals surface area contributed by atoms with E-state index in [9.17, 15) is 9.59 Å². The number of rotatable bonds is 5. The van der Waals surface area contributed by atoms with Gasteiger partial charge < -0.3 is 20.7 Å². The van der Waals surface area contributed by atoms with Crippen LogP contribution in [0.3, 0.4) is 0 Å². The van der Waals surface area contributed by atoms with Crippen molar-refractivity contribution in [1.29, 1.82) is 0 Å². The van der Waals surface area contributed by atoms with Gasteiger partial charge in [0.2, 0.25) is 11.8 Å². The molecule has 1 fully saturated rings. The summed E-state index contributed by atoms with van der Waals surface area (Å²) in [6, 6.07) is 1.71. The molecule has 7 heteroatoms. The molecular weight excluding hydrogens is 284 g/mol. The molecule has 1 aromatic heterocycles. The molecule has 22 heavy (non-hydrogen) atoms. The number of amides is 2. The zero-order valence-electron chi connectivity index (χ0n) is 13.0. The molecule has 120 valence electrons. The van der Waals surface area contributed by atoms with Crippen molar-refractivity contribution < 1.29 is 14.3 Å². The van der Waals surface area contributed by atoms with Gasteiger partial charge in [0.25, 0.3) is 0 Å². The van der Waals surface area contributed by atoms with Crippen LogP contribution < -0.4 is 15.8 Å². The number of carbonyl (C=O) groups excluding carboxylic acids is 2. The van der Waals surface area contributed by atoms with Crippen molar-refractivity contribution in [3.05, 3.63) is 18.5 Å². The van der Waals surface area contributed by atoms with Crippen LogP contribution in [0.4, 0.5) is 5.69 Å². The van der Waals surface area contributed by atoms with Crippen LogP contribution in [0.25, 0.3) is 0 Å². The molecule has 1 unspecified atom stereocenters. The summed E-state index contributed by atoms with van der Waals surface area (Å²) in [5.41, 5.74) is 5.61. The molecule has 2 amide bonds. The maximum atomic E-state index is 12.4. The number of aromatic nitrogens is 1. The summed E-state index contributed by atoms with van der Waals surface area (Å²) in [6.45, 7) is 4.80. The first-order valence-electron chi connectivity index (χ1n) is 7.38. The first-order valence-corrected chi connectivity index (χ1v) is 7.38. The smallest absolute Gasteiger partial charge is 0.246 e. The van der Waals surface area contributed by atoms with Crippen molar-refractivity contribution in [2.45, 2.75) is 32.2 Å². The van der Waals surface area contributed by atoms with E-state index < -0.39 is 5.54 Å². The van der Waals surface area contributed by atoms with Crippen LogP contribution in [0, 0.1) is 0 Å². The third-order valence-electron chi connectivity index (χ3n) is 3.64. The van der Waals surface area contributed by atoms with Crippen molar-refractivity contribution in [2.24, 2.45) is 5.73 Å². The Morgan fingerprint density at radius 1 is 1.50 bits per heavy atom. The number of nitrogens with zero attached hydrogens (tertiary/aromatic N) is 2. The largest absolute Gasteiger partial charge is 0.492 e. The molecule has 7 nitrogen and oxygen atoms in total. The summed E-state index contributed by atoms with van der Waals surface area (Å²) < 4.78 is 5.48. The molecule has 0 aliphatic carbocycles. The molecule has 2 rings (SSSR count). The highest BCUT2D eigenvalue weighted by Crippen LogP contribution is 2.22. The molecule has 1 aliphatic heterocycles. The number of likely N-dealkylation sites (tertiary alicyclic amines) is 1. The fraction of sp³-hybridized carbons (Fsp3) is 0.533. The Balaban J connectivity index is 2.01. The van der Waals surface area contributed by atoms with E-state index in [0.29, 0.717) is 31.0 Å². The number of pyridine rings is 1. The monoisotopic (exact) mass is 306 g/mol. The van der Waals surface area contributed by atoms with Gasteiger partial charge in [-0.05, 0) is 12.8 Å². The van der Waals surface area contributed by atoms with Crippen molar-refractivity contribution in [3.8, 4) is 5.75 Å². The number of ether oxygens (including phenoxy) is 1. The molecular formula is C15H22N4O3. The van der Waals surface area contributed by atoms with Gasteiger partial charge in [-0.3, -0.25) is 14.6 Å². The van der Waals surface area contributed by atoms with Crippen LogP contribution in [-0.4, -0.2) is 46.9 Å². The van der Waals surface area contributed by atoms with Crippen LogP contribution in [-0.2, 0) is 9.59 Å². The molecule has 0 radical (unpaired) electrons. The minimum absolute atomic E-state index is 0.0724. The molecule has 2 heterocycles. The molecule has 1 atom stereocenters. The van der Waals surface area contributed by atoms with E-state index in [1.807, 2.05) is 6.92 Å². The minimum atomic E-state index is -1.06. The second-order valence-electron chi connectivity index (χ2n) is 5.56. The van der Waals surface area contributed by atoms with Gasteiger partial charge in [-0.25, -0.2) is 0 Å². The predicted molar refractivity (Wildman–Crippen MR) is 82.4 cm³/mol. The van der Waals surface area contributed by atoms with E-state index in [0.717, 1.165) is 6.42 Å². The number of nitrogens with two attached hydrogens (primary N) is 1. The first-order chi connectivity index (χ1) is 10.4.